The van der Waals surface area contributed by atoms with Gasteiger partial charge in [-0.2, -0.15) is 0 Å². The molecular weight excluding hydrogens is 348 g/mol. The molecule has 0 spiro atoms. The van der Waals surface area contributed by atoms with E-state index in [-0.39, 0.29) is 0 Å². The predicted molar refractivity (Wildman–Crippen MR) is 104 cm³/mol. The Hall–Kier alpha value is -3.41. The minimum Gasteiger partial charge on any atom is -0.493 e. The van der Waals surface area contributed by atoms with E-state index in [9.17, 15) is 4.79 Å². The van der Waals surface area contributed by atoms with Gasteiger partial charge >= 0.3 is 5.97 Å². The highest BCUT2D eigenvalue weighted by atomic mass is 16.5. The van der Waals surface area contributed by atoms with E-state index in [4.69, 9.17) is 24.1 Å². The highest BCUT2D eigenvalue weighted by molar-refractivity contribution is 6.13. The SMILES string of the molecule is COc1cc2cc(/C=C/C(=O)O)c3cc(OC)c(OC)cc3c2cc1OC. The zero-order valence-corrected chi connectivity index (χ0v) is 15.5. The van der Waals surface area contributed by atoms with Gasteiger partial charge in [0.25, 0.3) is 0 Å². The van der Waals surface area contributed by atoms with Crippen LogP contribution in [-0.2, 0) is 4.79 Å². The maximum absolute atomic E-state index is 11.0. The van der Waals surface area contributed by atoms with Gasteiger partial charge in [-0.1, -0.05) is 0 Å². The summed E-state index contributed by atoms with van der Waals surface area (Å²) < 4.78 is 21.7. The summed E-state index contributed by atoms with van der Waals surface area (Å²) in [4.78, 5) is 11.0. The van der Waals surface area contributed by atoms with Gasteiger partial charge in [0.1, 0.15) is 0 Å². The monoisotopic (exact) mass is 368 g/mol. The molecule has 0 aliphatic heterocycles. The maximum Gasteiger partial charge on any atom is 0.328 e. The quantitative estimate of drug-likeness (QED) is 0.521. The first-order valence-electron chi connectivity index (χ1n) is 8.17. The summed E-state index contributed by atoms with van der Waals surface area (Å²) in [6, 6.07) is 9.38. The van der Waals surface area contributed by atoms with Gasteiger partial charge in [0.2, 0.25) is 0 Å². The molecule has 0 aromatic heterocycles. The smallest absolute Gasteiger partial charge is 0.328 e. The summed E-state index contributed by atoms with van der Waals surface area (Å²) in [7, 11) is 6.29. The lowest BCUT2D eigenvalue weighted by Gasteiger charge is -2.15. The number of fused-ring (bicyclic) bond motifs is 3. The van der Waals surface area contributed by atoms with Gasteiger partial charge in [-0.25, -0.2) is 4.79 Å². The zero-order valence-electron chi connectivity index (χ0n) is 15.5. The van der Waals surface area contributed by atoms with Gasteiger partial charge in [0, 0.05) is 6.08 Å². The number of aliphatic carboxylic acids is 1. The summed E-state index contributed by atoms with van der Waals surface area (Å²) in [6.07, 6.45) is 2.67. The van der Waals surface area contributed by atoms with Crippen LogP contribution in [0.3, 0.4) is 0 Å². The number of rotatable bonds is 6. The third-order valence-electron chi connectivity index (χ3n) is 4.40. The van der Waals surface area contributed by atoms with Crippen LogP contribution in [0.2, 0.25) is 0 Å². The van der Waals surface area contributed by atoms with Crippen LogP contribution in [-0.4, -0.2) is 39.5 Å². The van der Waals surface area contributed by atoms with Crippen molar-refractivity contribution in [2.75, 3.05) is 28.4 Å². The number of hydrogen-bond acceptors (Lipinski definition) is 5. The lowest BCUT2D eigenvalue weighted by molar-refractivity contribution is -0.131. The molecule has 27 heavy (non-hydrogen) atoms. The predicted octanol–water partition coefficient (Wildman–Crippen LogP) is 4.13. The van der Waals surface area contributed by atoms with Crippen LogP contribution >= 0.6 is 0 Å². The second kappa shape index (κ2) is 7.45. The number of carboxylic acid groups (broad SMARTS) is 1. The summed E-state index contributed by atoms with van der Waals surface area (Å²) in [5.41, 5.74) is 0.744. The molecule has 0 radical (unpaired) electrons. The van der Waals surface area contributed by atoms with Crippen molar-refractivity contribution in [3.63, 3.8) is 0 Å². The van der Waals surface area contributed by atoms with Crippen molar-refractivity contribution >= 4 is 33.6 Å². The van der Waals surface area contributed by atoms with Crippen LogP contribution in [0, 0.1) is 0 Å². The minimum atomic E-state index is -1.02. The van der Waals surface area contributed by atoms with Gasteiger partial charge in [0.05, 0.1) is 28.4 Å². The summed E-state index contributed by atoms with van der Waals surface area (Å²) in [5, 5.41) is 12.6. The molecule has 0 amide bonds. The standard InChI is InChI=1S/C21H20O6/c1-24-17-8-13-7-12(5-6-21(22)23)14-9-19(26-3)20(27-4)11-16(14)15(13)10-18(17)25-2/h5-11H,1-4H3,(H,22,23)/b6-5+. The molecule has 1 N–H and O–H groups in total. The minimum absolute atomic E-state index is 0.565. The maximum atomic E-state index is 11.0. The van der Waals surface area contributed by atoms with E-state index < -0.39 is 5.97 Å². The Labute approximate surface area is 156 Å². The molecule has 0 saturated carbocycles. The number of methoxy groups -OCH3 is 4. The summed E-state index contributed by atoms with van der Waals surface area (Å²) >= 11 is 0. The molecule has 0 atom stereocenters. The molecule has 6 heteroatoms. The third-order valence-corrected chi connectivity index (χ3v) is 4.40. The van der Waals surface area contributed by atoms with Crippen LogP contribution in [0.1, 0.15) is 5.56 Å². The van der Waals surface area contributed by atoms with E-state index in [0.717, 1.165) is 33.2 Å². The molecule has 3 rings (SSSR count). The van der Waals surface area contributed by atoms with Crippen LogP contribution < -0.4 is 18.9 Å². The molecule has 140 valence electrons. The van der Waals surface area contributed by atoms with E-state index in [1.165, 1.54) is 0 Å². The van der Waals surface area contributed by atoms with E-state index in [2.05, 4.69) is 0 Å². The molecular formula is C21H20O6. The van der Waals surface area contributed by atoms with Gasteiger partial charge in [-0.05, 0) is 63.5 Å². The second-order valence-corrected chi connectivity index (χ2v) is 5.82. The highest BCUT2D eigenvalue weighted by Crippen LogP contribution is 2.41. The fourth-order valence-electron chi connectivity index (χ4n) is 3.13. The molecule has 0 unspecified atom stereocenters. The number of hydrogen-bond donors (Lipinski definition) is 1. The van der Waals surface area contributed by atoms with Crippen molar-refractivity contribution in [1.82, 2.24) is 0 Å². The van der Waals surface area contributed by atoms with Crippen molar-refractivity contribution in [2.45, 2.75) is 0 Å². The Bertz CT molecular complexity index is 1050. The van der Waals surface area contributed by atoms with Crippen molar-refractivity contribution in [3.05, 3.63) is 42.0 Å². The Morgan fingerprint density at radius 2 is 1.22 bits per heavy atom. The number of carbonyl (C=O) groups is 1. The lowest BCUT2D eigenvalue weighted by Crippen LogP contribution is -1.94. The lowest BCUT2D eigenvalue weighted by atomic mass is 9.95. The molecule has 6 nitrogen and oxygen atoms in total. The van der Waals surface area contributed by atoms with E-state index >= 15 is 0 Å². The van der Waals surface area contributed by atoms with E-state index in [1.54, 1.807) is 34.5 Å². The molecule has 0 heterocycles. The Balaban J connectivity index is 2.46. The molecule has 0 aliphatic carbocycles. The Morgan fingerprint density at radius 3 is 1.74 bits per heavy atom. The first-order valence-corrected chi connectivity index (χ1v) is 8.17. The van der Waals surface area contributed by atoms with E-state index in [1.807, 2.05) is 30.3 Å². The average molecular weight is 368 g/mol. The fraction of sp³-hybridized carbons (Fsp3) is 0.190. The Morgan fingerprint density at radius 1 is 0.741 bits per heavy atom. The summed E-state index contributed by atoms with van der Waals surface area (Å²) in [5.74, 6) is 1.33. The first-order chi connectivity index (χ1) is 13.0. The van der Waals surface area contributed by atoms with Crippen LogP contribution in [0.25, 0.3) is 27.6 Å². The topological polar surface area (TPSA) is 74.2 Å². The van der Waals surface area contributed by atoms with Gasteiger partial charge < -0.3 is 24.1 Å². The molecule has 3 aromatic carbocycles. The van der Waals surface area contributed by atoms with Crippen molar-refractivity contribution in [2.24, 2.45) is 0 Å². The van der Waals surface area contributed by atoms with Gasteiger partial charge in [-0.3, -0.25) is 0 Å². The van der Waals surface area contributed by atoms with Gasteiger partial charge in [0.15, 0.2) is 23.0 Å². The third kappa shape index (κ3) is 3.33. The number of carboxylic acids is 1. The molecule has 0 bridgehead atoms. The Kier molecular flexibility index (Phi) is 5.07. The second-order valence-electron chi connectivity index (χ2n) is 5.82. The molecule has 0 fully saturated rings. The summed E-state index contributed by atoms with van der Waals surface area (Å²) in [6.45, 7) is 0. The van der Waals surface area contributed by atoms with E-state index in [0.29, 0.717) is 23.0 Å². The molecule has 0 saturated heterocycles. The number of benzene rings is 3. The van der Waals surface area contributed by atoms with Crippen molar-refractivity contribution in [3.8, 4) is 23.0 Å². The van der Waals surface area contributed by atoms with Crippen LogP contribution in [0.15, 0.2) is 36.4 Å². The number of ether oxygens (including phenoxy) is 4. The molecule has 3 aromatic rings. The normalized spacial score (nSPS) is 11.1. The van der Waals surface area contributed by atoms with Crippen molar-refractivity contribution in [1.29, 1.82) is 0 Å². The first kappa shape index (κ1) is 18.4. The molecule has 0 aliphatic rings. The average Bonchev–Trinajstić information content (AvgIpc) is 2.69. The van der Waals surface area contributed by atoms with Gasteiger partial charge in [-0.15, -0.1) is 0 Å². The highest BCUT2D eigenvalue weighted by Gasteiger charge is 2.14. The fourth-order valence-corrected chi connectivity index (χ4v) is 3.13. The zero-order chi connectivity index (χ0) is 19.6. The largest absolute Gasteiger partial charge is 0.493 e. The van der Waals surface area contributed by atoms with Crippen LogP contribution in [0.4, 0.5) is 0 Å². The van der Waals surface area contributed by atoms with Crippen LogP contribution in [0.5, 0.6) is 23.0 Å². The van der Waals surface area contributed by atoms with Crippen molar-refractivity contribution < 1.29 is 28.8 Å².